The standard InChI is InChI=1S/C15H8F2N2O2/c16-11-2-1-10(8-12(11)17)14-19-13(15(20)21-14)7-9-3-5-18-6-4-9/h1-8H/b13-7+. The van der Waals surface area contributed by atoms with E-state index in [1.165, 1.54) is 12.1 Å². The van der Waals surface area contributed by atoms with Gasteiger partial charge in [-0.3, -0.25) is 4.98 Å². The second kappa shape index (κ2) is 5.24. The van der Waals surface area contributed by atoms with Crippen molar-refractivity contribution in [1.29, 1.82) is 0 Å². The molecule has 1 aliphatic rings. The van der Waals surface area contributed by atoms with E-state index in [9.17, 15) is 13.6 Å². The number of carbonyl (C=O) groups excluding carboxylic acids is 1. The van der Waals surface area contributed by atoms with Gasteiger partial charge < -0.3 is 4.74 Å². The van der Waals surface area contributed by atoms with Crippen LogP contribution in [-0.2, 0) is 9.53 Å². The molecule has 1 aliphatic heterocycles. The highest BCUT2D eigenvalue weighted by Crippen LogP contribution is 2.20. The number of cyclic esters (lactones) is 1. The zero-order valence-electron chi connectivity index (χ0n) is 10.6. The average Bonchev–Trinajstić information content (AvgIpc) is 2.84. The Kier molecular flexibility index (Phi) is 3.27. The zero-order chi connectivity index (χ0) is 14.8. The van der Waals surface area contributed by atoms with Gasteiger partial charge in [-0.05, 0) is 42.0 Å². The maximum atomic E-state index is 13.2. The molecule has 4 nitrogen and oxygen atoms in total. The topological polar surface area (TPSA) is 51.5 Å². The minimum atomic E-state index is -1.03. The normalized spacial score (nSPS) is 16.0. The molecule has 21 heavy (non-hydrogen) atoms. The van der Waals surface area contributed by atoms with Crippen LogP contribution in [0.2, 0.25) is 0 Å². The van der Waals surface area contributed by atoms with Gasteiger partial charge in [0.25, 0.3) is 0 Å². The number of rotatable bonds is 2. The summed E-state index contributed by atoms with van der Waals surface area (Å²) in [6.45, 7) is 0. The van der Waals surface area contributed by atoms with Gasteiger partial charge in [0.2, 0.25) is 5.90 Å². The number of aromatic nitrogens is 1. The summed E-state index contributed by atoms with van der Waals surface area (Å²) in [5.74, 6) is -2.71. The summed E-state index contributed by atoms with van der Waals surface area (Å²) in [6.07, 6.45) is 4.68. The van der Waals surface area contributed by atoms with Crippen molar-refractivity contribution >= 4 is 17.9 Å². The molecule has 0 N–H and O–H groups in total. The van der Waals surface area contributed by atoms with E-state index in [1.807, 2.05) is 0 Å². The molecule has 1 aromatic heterocycles. The van der Waals surface area contributed by atoms with E-state index in [2.05, 4.69) is 9.98 Å². The van der Waals surface area contributed by atoms with Crippen LogP contribution in [0.1, 0.15) is 11.1 Å². The first-order valence-corrected chi connectivity index (χ1v) is 6.01. The number of hydrogen-bond acceptors (Lipinski definition) is 4. The molecule has 0 aliphatic carbocycles. The van der Waals surface area contributed by atoms with E-state index >= 15 is 0 Å². The monoisotopic (exact) mass is 286 g/mol. The molecule has 0 amide bonds. The maximum absolute atomic E-state index is 13.2. The summed E-state index contributed by atoms with van der Waals surface area (Å²) in [7, 11) is 0. The van der Waals surface area contributed by atoms with Crippen LogP contribution in [0.4, 0.5) is 8.78 Å². The van der Waals surface area contributed by atoms with Crippen LogP contribution in [0, 0.1) is 11.6 Å². The van der Waals surface area contributed by atoms with Crippen molar-refractivity contribution in [3.63, 3.8) is 0 Å². The molecule has 6 heteroatoms. The van der Waals surface area contributed by atoms with Crippen LogP contribution in [-0.4, -0.2) is 16.9 Å². The highest BCUT2D eigenvalue weighted by molar-refractivity contribution is 6.12. The number of nitrogens with zero attached hydrogens (tertiary/aromatic N) is 2. The minimum Gasteiger partial charge on any atom is -0.402 e. The molecular weight excluding hydrogens is 278 g/mol. The fraction of sp³-hybridized carbons (Fsp3) is 0. The van der Waals surface area contributed by atoms with Crippen molar-refractivity contribution in [1.82, 2.24) is 4.98 Å². The molecule has 104 valence electrons. The summed E-state index contributed by atoms with van der Waals surface area (Å²) in [6, 6.07) is 6.57. The van der Waals surface area contributed by atoms with E-state index in [1.54, 1.807) is 24.5 Å². The second-order valence-electron chi connectivity index (χ2n) is 4.25. The molecule has 0 bridgehead atoms. The summed E-state index contributed by atoms with van der Waals surface area (Å²) in [4.78, 5) is 19.6. The van der Waals surface area contributed by atoms with E-state index in [0.717, 1.165) is 17.7 Å². The Morgan fingerprint density at radius 2 is 1.81 bits per heavy atom. The second-order valence-corrected chi connectivity index (χ2v) is 4.25. The summed E-state index contributed by atoms with van der Waals surface area (Å²) in [5, 5.41) is 0. The molecule has 0 spiro atoms. The highest BCUT2D eigenvalue weighted by atomic mass is 19.2. The lowest BCUT2D eigenvalue weighted by Crippen LogP contribution is -2.06. The van der Waals surface area contributed by atoms with Crippen LogP contribution < -0.4 is 0 Å². The number of halogens is 2. The Morgan fingerprint density at radius 3 is 2.52 bits per heavy atom. The Bertz CT molecular complexity index is 770. The predicted molar refractivity (Wildman–Crippen MR) is 71.2 cm³/mol. The molecule has 0 saturated carbocycles. The molecule has 0 radical (unpaired) electrons. The smallest absolute Gasteiger partial charge is 0.363 e. The van der Waals surface area contributed by atoms with Gasteiger partial charge in [-0.25, -0.2) is 18.6 Å². The van der Waals surface area contributed by atoms with Crippen molar-refractivity contribution in [3.8, 4) is 0 Å². The van der Waals surface area contributed by atoms with Gasteiger partial charge in [0.05, 0.1) is 0 Å². The number of benzene rings is 1. The lowest BCUT2D eigenvalue weighted by atomic mass is 10.2. The SMILES string of the molecule is O=C1OC(c2ccc(F)c(F)c2)=N/C1=C/c1ccncc1. The van der Waals surface area contributed by atoms with Crippen LogP contribution in [0.15, 0.2) is 53.4 Å². The average molecular weight is 286 g/mol. The molecule has 0 atom stereocenters. The van der Waals surface area contributed by atoms with Gasteiger partial charge in [-0.15, -0.1) is 0 Å². The summed E-state index contributed by atoms with van der Waals surface area (Å²) < 4.78 is 31.0. The quantitative estimate of drug-likeness (QED) is 0.630. The number of pyridine rings is 1. The van der Waals surface area contributed by atoms with Gasteiger partial charge in [0.1, 0.15) is 0 Å². The third kappa shape index (κ3) is 2.69. The zero-order valence-corrected chi connectivity index (χ0v) is 10.6. The van der Waals surface area contributed by atoms with E-state index in [0.29, 0.717) is 0 Å². The van der Waals surface area contributed by atoms with Crippen molar-refractivity contribution in [2.24, 2.45) is 4.99 Å². The third-order valence-electron chi connectivity index (χ3n) is 2.80. The van der Waals surface area contributed by atoms with Crippen LogP contribution in [0.25, 0.3) is 6.08 Å². The fourth-order valence-electron chi connectivity index (χ4n) is 1.78. The van der Waals surface area contributed by atoms with Crippen molar-refractivity contribution in [3.05, 3.63) is 71.2 Å². The largest absolute Gasteiger partial charge is 0.402 e. The lowest BCUT2D eigenvalue weighted by Gasteiger charge is -1.99. The molecule has 0 saturated heterocycles. The van der Waals surface area contributed by atoms with Gasteiger partial charge in [0.15, 0.2) is 17.3 Å². The third-order valence-corrected chi connectivity index (χ3v) is 2.80. The molecule has 0 unspecified atom stereocenters. The van der Waals surface area contributed by atoms with E-state index in [-0.39, 0.29) is 17.2 Å². The molecule has 2 heterocycles. The number of esters is 1. The number of aliphatic imine (C=N–C) groups is 1. The van der Waals surface area contributed by atoms with Crippen molar-refractivity contribution < 1.29 is 18.3 Å². The first kappa shape index (κ1) is 13.1. The fourth-order valence-corrected chi connectivity index (χ4v) is 1.78. The first-order chi connectivity index (χ1) is 10.1. The summed E-state index contributed by atoms with van der Waals surface area (Å²) in [5.41, 5.74) is 1.01. The van der Waals surface area contributed by atoms with Gasteiger partial charge in [-0.1, -0.05) is 0 Å². The minimum absolute atomic E-state index is 0.0563. The predicted octanol–water partition coefficient (Wildman–Crippen LogP) is 2.70. The molecular formula is C15H8F2N2O2. The van der Waals surface area contributed by atoms with Crippen LogP contribution >= 0.6 is 0 Å². The first-order valence-electron chi connectivity index (χ1n) is 6.01. The van der Waals surface area contributed by atoms with E-state index in [4.69, 9.17) is 4.74 Å². The molecule has 2 aromatic rings. The highest BCUT2D eigenvalue weighted by Gasteiger charge is 2.24. The lowest BCUT2D eigenvalue weighted by molar-refractivity contribution is -0.129. The number of hydrogen-bond donors (Lipinski definition) is 0. The van der Waals surface area contributed by atoms with Gasteiger partial charge in [-0.2, -0.15) is 0 Å². The number of carbonyl (C=O) groups is 1. The Balaban J connectivity index is 1.95. The van der Waals surface area contributed by atoms with Crippen molar-refractivity contribution in [2.75, 3.05) is 0 Å². The number of ether oxygens (including phenoxy) is 1. The van der Waals surface area contributed by atoms with Crippen molar-refractivity contribution in [2.45, 2.75) is 0 Å². The Hall–Kier alpha value is -2.89. The molecule has 1 aromatic carbocycles. The maximum Gasteiger partial charge on any atom is 0.363 e. The van der Waals surface area contributed by atoms with E-state index < -0.39 is 17.6 Å². The van der Waals surface area contributed by atoms with Crippen LogP contribution in [0.3, 0.4) is 0 Å². The Labute approximate surface area is 118 Å². The molecule has 0 fully saturated rings. The molecule has 3 rings (SSSR count). The summed E-state index contributed by atoms with van der Waals surface area (Å²) >= 11 is 0. The van der Waals surface area contributed by atoms with Gasteiger partial charge in [0, 0.05) is 18.0 Å². The van der Waals surface area contributed by atoms with Crippen LogP contribution in [0.5, 0.6) is 0 Å². The van der Waals surface area contributed by atoms with Gasteiger partial charge >= 0.3 is 5.97 Å². The Morgan fingerprint density at radius 1 is 1.05 bits per heavy atom.